The van der Waals surface area contributed by atoms with Crippen LogP contribution < -0.4 is 10.2 Å². The third-order valence-electron chi connectivity index (χ3n) is 2.86. The topological polar surface area (TPSA) is 58.6 Å². The van der Waals surface area contributed by atoms with Crippen LogP contribution in [0.1, 0.15) is 27.2 Å². The Morgan fingerprint density at radius 3 is 2.90 bits per heavy atom. The second-order valence-corrected chi connectivity index (χ2v) is 7.04. The first-order valence-corrected chi connectivity index (χ1v) is 7.51. The van der Waals surface area contributed by atoms with Crippen LogP contribution in [0.5, 0.6) is 0 Å². The fourth-order valence-corrected chi connectivity index (χ4v) is 2.73. The van der Waals surface area contributed by atoms with E-state index in [1.165, 1.54) is 11.3 Å². The average Bonchev–Trinajstić information content (AvgIpc) is 2.92. The second kappa shape index (κ2) is 5.83. The molecule has 0 spiro atoms. The highest BCUT2D eigenvalue weighted by Crippen LogP contribution is 2.26. The standard InChI is InChI=1S/C14H20N2O3S/c1-14(2,3)7-11(17)15-8-10-9-16(13(18)19-10)12-5-4-6-20-12/h4-6,10H,7-9H2,1-3H3,(H,15,17). The van der Waals surface area contributed by atoms with Crippen LogP contribution in [0.15, 0.2) is 17.5 Å². The van der Waals surface area contributed by atoms with E-state index in [4.69, 9.17) is 4.74 Å². The van der Waals surface area contributed by atoms with E-state index in [0.717, 1.165) is 5.00 Å². The SMILES string of the molecule is CC(C)(C)CC(=O)NCC1CN(c2cccs2)C(=O)O1. The molecule has 1 fully saturated rings. The van der Waals surface area contributed by atoms with Crippen molar-refractivity contribution in [2.75, 3.05) is 18.0 Å². The number of anilines is 1. The minimum absolute atomic E-state index is 0.0110. The van der Waals surface area contributed by atoms with Crippen LogP contribution in [-0.4, -0.2) is 31.2 Å². The van der Waals surface area contributed by atoms with Gasteiger partial charge in [0.05, 0.1) is 13.1 Å². The van der Waals surface area contributed by atoms with Gasteiger partial charge in [0.15, 0.2) is 0 Å². The van der Waals surface area contributed by atoms with E-state index in [-0.39, 0.29) is 23.5 Å². The van der Waals surface area contributed by atoms with Crippen LogP contribution in [0.4, 0.5) is 9.80 Å². The third kappa shape index (κ3) is 3.96. The Morgan fingerprint density at radius 1 is 1.55 bits per heavy atom. The lowest BCUT2D eigenvalue weighted by Crippen LogP contribution is -2.36. The molecule has 1 N–H and O–H groups in total. The fourth-order valence-electron chi connectivity index (χ4n) is 2.00. The Kier molecular flexibility index (Phi) is 4.32. The molecule has 6 heteroatoms. The zero-order valence-corrected chi connectivity index (χ0v) is 12.8. The number of hydrogen-bond donors (Lipinski definition) is 1. The molecule has 1 atom stereocenters. The molecule has 1 aromatic rings. The number of cyclic esters (lactones) is 1. The summed E-state index contributed by atoms with van der Waals surface area (Å²) in [5, 5.41) is 5.62. The Morgan fingerprint density at radius 2 is 2.30 bits per heavy atom. The fraction of sp³-hybridized carbons (Fsp3) is 0.571. The van der Waals surface area contributed by atoms with Crippen LogP contribution in [0.25, 0.3) is 0 Å². The van der Waals surface area contributed by atoms with Gasteiger partial charge in [0.25, 0.3) is 0 Å². The first-order valence-electron chi connectivity index (χ1n) is 6.63. The molecular weight excluding hydrogens is 276 g/mol. The van der Waals surface area contributed by atoms with Gasteiger partial charge < -0.3 is 10.1 Å². The minimum Gasteiger partial charge on any atom is -0.442 e. The zero-order chi connectivity index (χ0) is 14.8. The average molecular weight is 296 g/mol. The Hall–Kier alpha value is -1.56. The van der Waals surface area contributed by atoms with Crippen LogP contribution >= 0.6 is 11.3 Å². The summed E-state index contributed by atoms with van der Waals surface area (Å²) in [5.41, 5.74) is -0.0422. The molecule has 0 radical (unpaired) electrons. The van der Waals surface area contributed by atoms with Crippen molar-refractivity contribution in [2.45, 2.75) is 33.3 Å². The van der Waals surface area contributed by atoms with Gasteiger partial charge in [-0.05, 0) is 22.9 Å². The van der Waals surface area contributed by atoms with Crippen LogP contribution in [0, 0.1) is 5.41 Å². The normalized spacial score (nSPS) is 19.1. The first-order chi connectivity index (χ1) is 9.35. The lowest BCUT2D eigenvalue weighted by atomic mass is 9.92. The van der Waals surface area contributed by atoms with Gasteiger partial charge in [-0.2, -0.15) is 0 Å². The summed E-state index contributed by atoms with van der Waals surface area (Å²) in [7, 11) is 0. The molecule has 1 aliphatic rings. The number of carbonyl (C=O) groups is 2. The summed E-state index contributed by atoms with van der Waals surface area (Å²) in [6.45, 7) is 6.89. The Labute approximate surface area is 122 Å². The molecular formula is C14H20N2O3S. The number of hydrogen-bond acceptors (Lipinski definition) is 4. The van der Waals surface area contributed by atoms with E-state index < -0.39 is 0 Å². The highest BCUT2D eigenvalue weighted by Gasteiger charge is 2.33. The molecule has 2 rings (SSSR count). The van der Waals surface area contributed by atoms with E-state index in [1.807, 2.05) is 38.3 Å². The quantitative estimate of drug-likeness (QED) is 0.929. The van der Waals surface area contributed by atoms with Crippen LogP contribution in [0.2, 0.25) is 0 Å². The molecule has 1 unspecified atom stereocenters. The van der Waals surface area contributed by atoms with Crippen molar-refractivity contribution < 1.29 is 14.3 Å². The minimum atomic E-state index is -0.345. The van der Waals surface area contributed by atoms with Crippen molar-refractivity contribution in [1.29, 1.82) is 0 Å². The van der Waals surface area contributed by atoms with Gasteiger partial charge in [-0.1, -0.05) is 20.8 Å². The van der Waals surface area contributed by atoms with Crippen LogP contribution in [0.3, 0.4) is 0 Å². The van der Waals surface area contributed by atoms with Crippen molar-refractivity contribution in [3.63, 3.8) is 0 Å². The predicted molar refractivity (Wildman–Crippen MR) is 79.0 cm³/mol. The summed E-state index contributed by atoms with van der Waals surface area (Å²) >= 11 is 1.50. The number of amides is 2. The number of ether oxygens (including phenoxy) is 1. The van der Waals surface area contributed by atoms with E-state index >= 15 is 0 Å². The highest BCUT2D eigenvalue weighted by atomic mass is 32.1. The van der Waals surface area contributed by atoms with Crippen LogP contribution in [-0.2, 0) is 9.53 Å². The molecule has 1 saturated heterocycles. The highest BCUT2D eigenvalue weighted by molar-refractivity contribution is 7.14. The molecule has 0 aliphatic carbocycles. The molecule has 5 nitrogen and oxygen atoms in total. The van der Waals surface area contributed by atoms with E-state index in [0.29, 0.717) is 19.5 Å². The number of carbonyl (C=O) groups excluding carboxylic acids is 2. The molecule has 2 amide bonds. The summed E-state index contributed by atoms with van der Waals surface area (Å²) < 4.78 is 5.26. The van der Waals surface area contributed by atoms with Gasteiger partial charge in [0, 0.05) is 6.42 Å². The van der Waals surface area contributed by atoms with Gasteiger partial charge in [-0.3, -0.25) is 9.69 Å². The molecule has 2 heterocycles. The molecule has 0 bridgehead atoms. The van der Waals surface area contributed by atoms with E-state index in [2.05, 4.69) is 5.32 Å². The Bertz CT molecular complexity index is 479. The second-order valence-electron chi connectivity index (χ2n) is 6.11. The maximum absolute atomic E-state index is 11.8. The smallest absolute Gasteiger partial charge is 0.415 e. The number of rotatable bonds is 4. The number of thiophene rings is 1. The van der Waals surface area contributed by atoms with Crippen molar-refractivity contribution in [2.24, 2.45) is 5.41 Å². The van der Waals surface area contributed by atoms with Crippen molar-refractivity contribution in [1.82, 2.24) is 5.32 Å². The maximum Gasteiger partial charge on any atom is 0.415 e. The molecule has 1 aromatic heterocycles. The monoisotopic (exact) mass is 296 g/mol. The Balaban J connectivity index is 1.81. The predicted octanol–water partition coefficient (Wildman–Crippen LogP) is 2.63. The summed E-state index contributed by atoms with van der Waals surface area (Å²) in [6, 6.07) is 3.78. The van der Waals surface area contributed by atoms with E-state index in [1.54, 1.807) is 4.90 Å². The van der Waals surface area contributed by atoms with Crippen molar-refractivity contribution in [3.05, 3.63) is 17.5 Å². The molecule has 20 heavy (non-hydrogen) atoms. The number of nitrogens with one attached hydrogen (secondary N) is 1. The molecule has 0 aromatic carbocycles. The zero-order valence-electron chi connectivity index (χ0n) is 12.0. The molecule has 0 saturated carbocycles. The summed E-state index contributed by atoms with van der Waals surface area (Å²) in [5.74, 6) is -0.0110. The van der Waals surface area contributed by atoms with Gasteiger partial charge in [-0.15, -0.1) is 11.3 Å². The maximum atomic E-state index is 11.8. The van der Waals surface area contributed by atoms with Crippen molar-refractivity contribution >= 4 is 28.3 Å². The lowest BCUT2D eigenvalue weighted by Gasteiger charge is -2.18. The summed E-state index contributed by atoms with van der Waals surface area (Å²) in [4.78, 5) is 25.1. The largest absolute Gasteiger partial charge is 0.442 e. The first kappa shape index (κ1) is 14.8. The van der Waals surface area contributed by atoms with Gasteiger partial charge >= 0.3 is 6.09 Å². The van der Waals surface area contributed by atoms with Crippen molar-refractivity contribution in [3.8, 4) is 0 Å². The molecule has 110 valence electrons. The summed E-state index contributed by atoms with van der Waals surface area (Å²) in [6.07, 6.45) is -0.168. The van der Waals surface area contributed by atoms with Gasteiger partial charge in [0.2, 0.25) is 5.91 Å². The number of nitrogens with zero attached hydrogens (tertiary/aromatic N) is 1. The lowest BCUT2D eigenvalue weighted by molar-refractivity contribution is -0.123. The van der Waals surface area contributed by atoms with Gasteiger partial charge in [-0.25, -0.2) is 4.79 Å². The third-order valence-corrected chi connectivity index (χ3v) is 3.76. The van der Waals surface area contributed by atoms with E-state index in [9.17, 15) is 9.59 Å². The molecule has 1 aliphatic heterocycles. The van der Waals surface area contributed by atoms with Gasteiger partial charge in [0.1, 0.15) is 11.1 Å².